The highest BCUT2D eigenvalue weighted by Crippen LogP contribution is 2.49. The molecule has 5 nitrogen and oxygen atoms in total. The van der Waals surface area contributed by atoms with Crippen LogP contribution < -0.4 is 0 Å². The van der Waals surface area contributed by atoms with Crippen LogP contribution in [0, 0.1) is 0 Å². The van der Waals surface area contributed by atoms with E-state index in [-0.39, 0.29) is 28.9 Å². The number of piperazine rings is 1. The summed E-state index contributed by atoms with van der Waals surface area (Å²) in [5.74, 6) is 0.0940. The quantitative estimate of drug-likeness (QED) is 0.732. The number of rotatable bonds is 4. The monoisotopic (exact) mass is 438 g/mol. The predicted molar refractivity (Wildman–Crippen MR) is 109 cm³/mol. The fourth-order valence-electron chi connectivity index (χ4n) is 3.76. The van der Waals surface area contributed by atoms with Gasteiger partial charge in [-0.25, -0.2) is 8.42 Å². The average molecular weight is 439 g/mol. The molecule has 1 saturated heterocycles. The molecule has 4 rings (SSSR count). The average Bonchev–Trinajstić information content (AvgIpc) is 3.52. The third-order valence-corrected chi connectivity index (χ3v) is 8.14. The second-order valence-corrected chi connectivity index (χ2v) is 9.97. The zero-order valence-electron chi connectivity index (χ0n) is 15.1. The van der Waals surface area contributed by atoms with Crippen LogP contribution in [0.2, 0.25) is 10.0 Å². The minimum atomic E-state index is -3.76. The van der Waals surface area contributed by atoms with Gasteiger partial charge in [0, 0.05) is 31.2 Å². The van der Waals surface area contributed by atoms with Crippen LogP contribution in [0.5, 0.6) is 0 Å². The Bertz CT molecular complexity index is 999. The third kappa shape index (κ3) is 3.43. The summed E-state index contributed by atoms with van der Waals surface area (Å²) in [6.45, 7) is 1.21. The van der Waals surface area contributed by atoms with Gasteiger partial charge >= 0.3 is 0 Å². The molecule has 2 aliphatic rings. The molecule has 2 aromatic carbocycles. The van der Waals surface area contributed by atoms with Crippen LogP contribution in [0.4, 0.5) is 0 Å². The minimum Gasteiger partial charge on any atom is -0.339 e. The van der Waals surface area contributed by atoms with E-state index in [0.717, 1.165) is 18.4 Å². The lowest BCUT2D eigenvalue weighted by molar-refractivity contribution is -0.135. The second-order valence-electron chi connectivity index (χ2n) is 7.22. The fraction of sp³-hybridized carbons (Fsp3) is 0.350. The van der Waals surface area contributed by atoms with Gasteiger partial charge in [-0.3, -0.25) is 4.79 Å². The van der Waals surface area contributed by atoms with Gasteiger partial charge in [0.2, 0.25) is 15.9 Å². The number of hydrogen-bond acceptors (Lipinski definition) is 3. The maximum absolute atomic E-state index is 13.1. The van der Waals surface area contributed by atoms with Crippen molar-refractivity contribution in [2.45, 2.75) is 23.2 Å². The molecule has 0 spiro atoms. The van der Waals surface area contributed by atoms with Gasteiger partial charge in [-0.1, -0.05) is 53.5 Å². The molecule has 1 aliphatic heterocycles. The van der Waals surface area contributed by atoms with Crippen molar-refractivity contribution in [1.82, 2.24) is 9.21 Å². The van der Waals surface area contributed by atoms with Crippen molar-refractivity contribution < 1.29 is 13.2 Å². The highest BCUT2D eigenvalue weighted by atomic mass is 35.5. The molecule has 1 amide bonds. The van der Waals surface area contributed by atoms with Crippen molar-refractivity contribution in [2.75, 3.05) is 26.2 Å². The lowest BCUT2D eigenvalue weighted by Gasteiger charge is -2.36. The Morgan fingerprint density at radius 2 is 1.57 bits per heavy atom. The predicted octanol–water partition coefficient (Wildman–Crippen LogP) is 3.56. The van der Waals surface area contributed by atoms with Crippen LogP contribution in [-0.4, -0.2) is 49.7 Å². The van der Waals surface area contributed by atoms with E-state index in [1.807, 2.05) is 30.3 Å². The SMILES string of the molecule is O=C(N1CCN(S(=O)(=O)c2cc(Cl)ccc2Cl)CC1)C1(c2ccccc2)CC1. The molecule has 0 aromatic heterocycles. The molecule has 1 aliphatic carbocycles. The molecule has 8 heteroatoms. The number of hydrogen-bond donors (Lipinski definition) is 0. The van der Waals surface area contributed by atoms with Gasteiger partial charge in [0.25, 0.3) is 0 Å². The molecule has 0 unspecified atom stereocenters. The molecule has 0 N–H and O–H groups in total. The largest absolute Gasteiger partial charge is 0.339 e. The summed E-state index contributed by atoms with van der Waals surface area (Å²) < 4.78 is 27.3. The smallest absolute Gasteiger partial charge is 0.244 e. The van der Waals surface area contributed by atoms with Crippen LogP contribution in [0.1, 0.15) is 18.4 Å². The Kier molecular flexibility index (Phi) is 5.16. The highest BCUT2D eigenvalue weighted by Gasteiger charge is 2.53. The van der Waals surface area contributed by atoms with Crippen molar-refractivity contribution >= 4 is 39.1 Å². The van der Waals surface area contributed by atoms with Crippen molar-refractivity contribution in [1.29, 1.82) is 0 Å². The molecule has 0 bridgehead atoms. The first kappa shape index (κ1) is 19.7. The number of sulfonamides is 1. The first-order chi connectivity index (χ1) is 13.3. The molecule has 0 atom stereocenters. The maximum atomic E-state index is 13.1. The van der Waals surface area contributed by atoms with E-state index in [2.05, 4.69) is 0 Å². The first-order valence-corrected chi connectivity index (χ1v) is 11.3. The fourth-order valence-corrected chi connectivity index (χ4v) is 5.92. The van der Waals surface area contributed by atoms with Crippen molar-refractivity contribution in [3.05, 3.63) is 64.1 Å². The van der Waals surface area contributed by atoms with Gasteiger partial charge in [0.1, 0.15) is 4.90 Å². The van der Waals surface area contributed by atoms with Crippen LogP contribution in [0.3, 0.4) is 0 Å². The molecular weight excluding hydrogens is 419 g/mol. The van der Waals surface area contributed by atoms with Crippen molar-refractivity contribution in [3.8, 4) is 0 Å². The van der Waals surface area contributed by atoms with Crippen molar-refractivity contribution in [2.24, 2.45) is 0 Å². The van der Waals surface area contributed by atoms with Crippen LogP contribution >= 0.6 is 23.2 Å². The lowest BCUT2D eigenvalue weighted by Crippen LogP contribution is -2.52. The summed E-state index contributed by atoms with van der Waals surface area (Å²) in [5.41, 5.74) is 0.610. The molecule has 2 aromatic rings. The number of benzene rings is 2. The van der Waals surface area contributed by atoms with Gasteiger partial charge in [0.15, 0.2) is 0 Å². The van der Waals surface area contributed by atoms with Crippen LogP contribution in [0.25, 0.3) is 0 Å². The van der Waals surface area contributed by atoms with E-state index in [1.165, 1.54) is 16.4 Å². The highest BCUT2D eigenvalue weighted by molar-refractivity contribution is 7.89. The normalized spacial score (nSPS) is 19.4. The summed E-state index contributed by atoms with van der Waals surface area (Å²) in [5, 5.41) is 0.458. The Labute approximate surface area is 174 Å². The molecule has 1 heterocycles. The van der Waals surface area contributed by atoms with Crippen molar-refractivity contribution in [3.63, 3.8) is 0 Å². The summed E-state index contributed by atoms with van der Waals surface area (Å²) in [6, 6.07) is 14.2. The van der Waals surface area contributed by atoms with Gasteiger partial charge in [-0.2, -0.15) is 4.31 Å². The van der Waals surface area contributed by atoms with E-state index >= 15 is 0 Å². The summed E-state index contributed by atoms with van der Waals surface area (Å²) in [4.78, 5) is 14.9. The van der Waals surface area contributed by atoms with Crippen LogP contribution in [-0.2, 0) is 20.2 Å². The van der Waals surface area contributed by atoms with E-state index in [9.17, 15) is 13.2 Å². The standard InChI is InChI=1S/C20H20Cl2N2O3S/c21-16-6-7-17(22)18(14-16)28(26,27)24-12-10-23(11-13-24)19(25)20(8-9-20)15-4-2-1-3-5-15/h1-7,14H,8-13H2. The Morgan fingerprint density at radius 3 is 2.18 bits per heavy atom. The Morgan fingerprint density at radius 1 is 0.929 bits per heavy atom. The number of amides is 1. The molecule has 0 radical (unpaired) electrons. The van der Waals surface area contributed by atoms with Gasteiger partial charge in [0.05, 0.1) is 10.4 Å². The van der Waals surface area contributed by atoms with E-state index in [1.54, 1.807) is 11.0 Å². The van der Waals surface area contributed by atoms with Crippen LogP contribution in [0.15, 0.2) is 53.4 Å². The van der Waals surface area contributed by atoms with E-state index in [0.29, 0.717) is 18.1 Å². The molecular formula is C20H20Cl2N2O3S. The van der Waals surface area contributed by atoms with E-state index < -0.39 is 15.4 Å². The summed E-state index contributed by atoms with van der Waals surface area (Å²) in [7, 11) is -3.76. The second kappa shape index (κ2) is 7.34. The number of nitrogens with zero attached hydrogens (tertiary/aromatic N) is 2. The van der Waals surface area contributed by atoms with Gasteiger partial charge in [-0.05, 0) is 36.6 Å². The summed E-state index contributed by atoms with van der Waals surface area (Å²) >= 11 is 12.0. The first-order valence-electron chi connectivity index (χ1n) is 9.15. The Hall–Kier alpha value is -1.60. The maximum Gasteiger partial charge on any atom is 0.244 e. The zero-order chi connectivity index (χ0) is 19.9. The number of carbonyl (C=O) groups excluding carboxylic acids is 1. The molecule has 2 fully saturated rings. The topological polar surface area (TPSA) is 57.7 Å². The Balaban J connectivity index is 1.48. The van der Waals surface area contributed by atoms with E-state index in [4.69, 9.17) is 23.2 Å². The lowest BCUT2D eigenvalue weighted by atomic mass is 9.94. The molecule has 148 valence electrons. The number of halogens is 2. The number of carbonyl (C=O) groups is 1. The van der Waals surface area contributed by atoms with Gasteiger partial charge in [-0.15, -0.1) is 0 Å². The third-order valence-electron chi connectivity index (χ3n) is 5.52. The molecule has 1 saturated carbocycles. The summed E-state index contributed by atoms with van der Waals surface area (Å²) in [6.07, 6.45) is 1.68. The molecule has 28 heavy (non-hydrogen) atoms. The minimum absolute atomic E-state index is 0.00407. The zero-order valence-corrected chi connectivity index (χ0v) is 17.5. The van der Waals surface area contributed by atoms with Gasteiger partial charge < -0.3 is 4.90 Å².